The van der Waals surface area contributed by atoms with E-state index in [1.807, 2.05) is 0 Å². The maximum atomic E-state index is 11.7. The maximum absolute atomic E-state index is 11.7. The van der Waals surface area contributed by atoms with Gasteiger partial charge in [0.05, 0.1) is 35.4 Å². The van der Waals surface area contributed by atoms with Gasteiger partial charge in [-0.15, -0.1) is 0 Å². The lowest BCUT2D eigenvalue weighted by Crippen LogP contribution is -2.11. The molecule has 10 nitrogen and oxygen atoms in total. The Kier molecular flexibility index (Phi) is 9.41. The fourth-order valence-electron chi connectivity index (χ4n) is 2.18. The van der Waals surface area contributed by atoms with Gasteiger partial charge in [-0.3, -0.25) is 29.8 Å². The minimum Gasteiger partial charge on any atom is -0.466 e. The third kappa shape index (κ3) is 8.75. The number of non-ortho nitro benzene ring substituents is 2. The topological polar surface area (TPSA) is 139 Å². The van der Waals surface area contributed by atoms with E-state index in [1.165, 1.54) is 0 Å². The van der Waals surface area contributed by atoms with Crippen LogP contribution in [0, 0.1) is 20.2 Å². The van der Waals surface area contributed by atoms with Crippen LogP contribution < -0.4 is 0 Å². The van der Waals surface area contributed by atoms with Gasteiger partial charge in [-0.25, -0.2) is 0 Å². The molecule has 0 unspecified atom stereocenters. The van der Waals surface area contributed by atoms with Gasteiger partial charge < -0.3 is 9.47 Å². The molecule has 1 rings (SSSR count). The number of nitro benzene ring substituents is 2. The molecule has 0 aliphatic heterocycles. The number of ether oxygens (including phenoxy) is 2. The van der Waals surface area contributed by atoms with Gasteiger partial charge in [0, 0.05) is 17.7 Å². The Morgan fingerprint density at radius 2 is 1.44 bits per heavy atom. The predicted octanol–water partition coefficient (Wildman–Crippen LogP) is 3.45. The summed E-state index contributed by atoms with van der Waals surface area (Å²) in [6, 6.07) is 3.00. The monoisotopic (exact) mass is 382 g/mol. The molecule has 0 aliphatic carbocycles. The van der Waals surface area contributed by atoms with Gasteiger partial charge in [0.1, 0.15) is 6.61 Å². The molecule has 0 saturated heterocycles. The van der Waals surface area contributed by atoms with Gasteiger partial charge in [0.25, 0.3) is 11.4 Å². The fraction of sp³-hybridized carbons (Fsp3) is 0.529. The van der Waals surface area contributed by atoms with Gasteiger partial charge in [0.2, 0.25) is 0 Å². The van der Waals surface area contributed by atoms with Crippen molar-refractivity contribution in [3.05, 3.63) is 44.0 Å². The van der Waals surface area contributed by atoms with Crippen LogP contribution in [0.4, 0.5) is 11.4 Å². The van der Waals surface area contributed by atoms with E-state index in [9.17, 15) is 29.8 Å². The zero-order valence-electron chi connectivity index (χ0n) is 15.0. The summed E-state index contributed by atoms with van der Waals surface area (Å²) < 4.78 is 9.90. The highest BCUT2D eigenvalue weighted by Gasteiger charge is 2.17. The standard InChI is InChI=1S/C17H22N2O8/c1-2-3-4-5-8-26-16(20)6-7-17(21)27-12-13-9-14(18(22)23)11-15(10-13)19(24)25/h9-11H,2-8,12H2,1H3. The normalized spacial score (nSPS) is 10.3. The molecule has 148 valence electrons. The van der Waals surface area contributed by atoms with Crippen LogP contribution >= 0.6 is 0 Å². The summed E-state index contributed by atoms with van der Waals surface area (Å²) in [4.78, 5) is 43.3. The molecule has 1 aromatic rings. The van der Waals surface area contributed by atoms with Gasteiger partial charge >= 0.3 is 11.9 Å². The Balaban J connectivity index is 2.42. The Bertz CT molecular complexity index is 657. The fourth-order valence-corrected chi connectivity index (χ4v) is 2.18. The second-order valence-electron chi connectivity index (χ2n) is 5.81. The lowest BCUT2D eigenvalue weighted by atomic mass is 10.2. The molecular weight excluding hydrogens is 360 g/mol. The first-order valence-corrected chi connectivity index (χ1v) is 8.57. The number of hydrogen-bond donors (Lipinski definition) is 0. The van der Waals surface area contributed by atoms with Crippen molar-refractivity contribution in [2.75, 3.05) is 6.61 Å². The van der Waals surface area contributed by atoms with E-state index < -0.39 is 33.2 Å². The number of carbonyl (C=O) groups is 2. The second kappa shape index (κ2) is 11.6. The molecule has 0 spiro atoms. The summed E-state index contributed by atoms with van der Waals surface area (Å²) in [5, 5.41) is 21.6. The molecular formula is C17H22N2O8. The van der Waals surface area contributed by atoms with E-state index in [1.54, 1.807) is 0 Å². The van der Waals surface area contributed by atoms with Crippen molar-refractivity contribution >= 4 is 23.3 Å². The van der Waals surface area contributed by atoms with E-state index in [4.69, 9.17) is 9.47 Å². The summed E-state index contributed by atoms with van der Waals surface area (Å²) in [5.74, 6) is -1.21. The van der Waals surface area contributed by atoms with E-state index >= 15 is 0 Å². The largest absolute Gasteiger partial charge is 0.466 e. The number of hydrogen-bond acceptors (Lipinski definition) is 8. The summed E-state index contributed by atoms with van der Waals surface area (Å²) in [5.41, 5.74) is -0.827. The first kappa shape index (κ1) is 22.0. The van der Waals surface area contributed by atoms with Crippen LogP contribution in [0.25, 0.3) is 0 Å². The quantitative estimate of drug-likeness (QED) is 0.232. The Morgan fingerprint density at radius 1 is 0.889 bits per heavy atom. The van der Waals surface area contributed by atoms with Crippen molar-refractivity contribution in [3.63, 3.8) is 0 Å². The molecule has 1 aromatic carbocycles. The lowest BCUT2D eigenvalue weighted by Gasteiger charge is -2.06. The third-order valence-corrected chi connectivity index (χ3v) is 3.58. The van der Waals surface area contributed by atoms with Gasteiger partial charge in [-0.2, -0.15) is 0 Å². The van der Waals surface area contributed by atoms with E-state index in [2.05, 4.69) is 6.92 Å². The number of nitro groups is 2. The van der Waals surface area contributed by atoms with Crippen LogP contribution in [0.5, 0.6) is 0 Å². The van der Waals surface area contributed by atoms with Crippen LogP contribution in [0.2, 0.25) is 0 Å². The van der Waals surface area contributed by atoms with Crippen LogP contribution in [0.1, 0.15) is 51.0 Å². The average Bonchev–Trinajstić information content (AvgIpc) is 2.64. The first-order valence-electron chi connectivity index (χ1n) is 8.57. The third-order valence-electron chi connectivity index (χ3n) is 3.58. The number of esters is 2. The summed E-state index contributed by atoms with van der Waals surface area (Å²) in [6.07, 6.45) is 3.55. The summed E-state index contributed by atoms with van der Waals surface area (Å²) in [7, 11) is 0. The van der Waals surface area contributed by atoms with Gasteiger partial charge in [-0.05, 0) is 6.42 Å². The van der Waals surface area contributed by atoms with Crippen molar-refractivity contribution in [3.8, 4) is 0 Å². The molecule has 0 heterocycles. The first-order chi connectivity index (χ1) is 12.8. The Morgan fingerprint density at radius 3 is 1.96 bits per heavy atom. The van der Waals surface area contributed by atoms with Gasteiger partial charge in [0.15, 0.2) is 0 Å². The number of benzene rings is 1. The van der Waals surface area contributed by atoms with E-state index in [0.29, 0.717) is 6.61 Å². The van der Waals surface area contributed by atoms with E-state index in [0.717, 1.165) is 43.9 Å². The van der Waals surface area contributed by atoms with Crippen molar-refractivity contribution in [2.24, 2.45) is 0 Å². The zero-order valence-corrected chi connectivity index (χ0v) is 15.0. The number of nitrogens with zero attached hydrogens (tertiary/aromatic N) is 2. The molecule has 10 heteroatoms. The number of unbranched alkanes of at least 4 members (excludes halogenated alkanes) is 3. The molecule has 0 radical (unpaired) electrons. The second-order valence-corrected chi connectivity index (χ2v) is 5.81. The number of rotatable bonds is 12. The summed E-state index contributed by atoms with van der Waals surface area (Å²) >= 11 is 0. The van der Waals surface area contributed by atoms with Crippen molar-refractivity contribution in [1.82, 2.24) is 0 Å². The van der Waals surface area contributed by atoms with Crippen LogP contribution in [-0.4, -0.2) is 28.4 Å². The highest BCUT2D eigenvalue weighted by atomic mass is 16.6. The number of carbonyl (C=O) groups excluding carboxylic acids is 2. The lowest BCUT2D eigenvalue weighted by molar-refractivity contribution is -0.394. The highest BCUT2D eigenvalue weighted by molar-refractivity contribution is 5.77. The Hall–Kier alpha value is -3.04. The summed E-state index contributed by atoms with van der Waals surface area (Å²) in [6.45, 7) is 2.02. The molecule has 0 aliphatic rings. The molecule has 0 amide bonds. The minimum absolute atomic E-state index is 0.114. The molecule has 0 atom stereocenters. The maximum Gasteiger partial charge on any atom is 0.306 e. The molecule has 0 N–H and O–H groups in total. The van der Waals surface area contributed by atoms with Gasteiger partial charge in [-0.1, -0.05) is 26.2 Å². The van der Waals surface area contributed by atoms with Crippen molar-refractivity contribution in [2.45, 2.75) is 52.1 Å². The molecule has 27 heavy (non-hydrogen) atoms. The predicted molar refractivity (Wildman–Crippen MR) is 93.9 cm³/mol. The molecule has 0 bridgehead atoms. The molecule has 0 aromatic heterocycles. The SMILES string of the molecule is CCCCCCOC(=O)CCC(=O)OCc1cc([N+](=O)[O-])cc([N+](=O)[O-])c1. The highest BCUT2D eigenvalue weighted by Crippen LogP contribution is 2.23. The van der Waals surface area contributed by atoms with Crippen molar-refractivity contribution < 1.29 is 28.9 Å². The molecule has 0 fully saturated rings. The average molecular weight is 382 g/mol. The van der Waals surface area contributed by atoms with Crippen molar-refractivity contribution in [1.29, 1.82) is 0 Å². The van der Waals surface area contributed by atoms with E-state index in [-0.39, 0.29) is 25.0 Å². The molecule has 0 saturated carbocycles. The smallest absolute Gasteiger partial charge is 0.306 e. The zero-order chi connectivity index (χ0) is 20.2. The minimum atomic E-state index is -0.769. The van der Waals surface area contributed by atoms with Crippen LogP contribution in [-0.2, 0) is 25.7 Å². The van der Waals surface area contributed by atoms with Crippen LogP contribution in [0.15, 0.2) is 18.2 Å². The van der Waals surface area contributed by atoms with Crippen LogP contribution in [0.3, 0.4) is 0 Å². The Labute approximate surface area is 155 Å².